The van der Waals surface area contributed by atoms with E-state index in [1.165, 1.54) is 0 Å². The fourth-order valence-electron chi connectivity index (χ4n) is 4.40. The summed E-state index contributed by atoms with van der Waals surface area (Å²) in [6, 6.07) is 7.43. The van der Waals surface area contributed by atoms with Crippen LogP contribution in [-0.2, 0) is 0 Å². The van der Waals surface area contributed by atoms with Crippen molar-refractivity contribution in [3.63, 3.8) is 0 Å². The van der Waals surface area contributed by atoms with Crippen LogP contribution in [-0.4, -0.2) is 36.1 Å². The summed E-state index contributed by atoms with van der Waals surface area (Å²) in [6.45, 7) is 5.88. The number of hydrogen-bond donors (Lipinski definition) is 0. The summed E-state index contributed by atoms with van der Waals surface area (Å²) in [6.07, 6.45) is 4.82. The quantitative estimate of drug-likeness (QED) is 0.789. The number of hydrogen-bond acceptors (Lipinski definition) is 3. The van der Waals surface area contributed by atoms with Gasteiger partial charge in [0.2, 0.25) is 0 Å². The molecule has 1 unspecified atom stereocenters. The van der Waals surface area contributed by atoms with Crippen LogP contribution in [0.2, 0.25) is 0 Å². The molecular weight excluding hydrogens is 303 g/mol. The Morgan fingerprint density at radius 1 is 1.42 bits per heavy atom. The lowest BCUT2D eigenvalue weighted by molar-refractivity contribution is -0.0183. The third-order valence-corrected chi connectivity index (χ3v) is 5.77. The topological polar surface area (TPSA) is 25.4 Å². The normalized spacial score (nSPS) is 30.2. The van der Waals surface area contributed by atoms with E-state index in [1.54, 1.807) is 13.3 Å². The van der Waals surface area contributed by atoms with E-state index in [0.717, 1.165) is 48.1 Å². The molecule has 3 nitrogen and oxygen atoms in total. The third-order valence-electron chi connectivity index (χ3n) is 5.77. The highest BCUT2D eigenvalue weighted by Crippen LogP contribution is 2.43. The minimum atomic E-state index is -1.00. The molecule has 1 aromatic heterocycles. The van der Waals surface area contributed by atoms with Gasteiger partial charge in [-0.2, -0.15) is 0 Å². The van der Waals surface area contributed by atoms with Crippen molar-refractivity contribution in [1.29, 1.82) is 0 Å². The Labute approximate surface area is 142 Å². The lowest BCUT2D eigenvalue weighted by Crippen LogP contribution is -2.54. The van der Waals surface area contributed by atoms with Gasteiger partial charge in [-0.25, -0.2) is 4.39 Å². The maximum absolute atomic E-state index is 15.5. The Kier molecular flexibility index (Phi) is 4.01. The van der Waals surface area contributed by atoms with Gasteiger partial charge >= 0.3 is 0 Å². The maximum Gasteiger partial charge on any atom is 0.141 e. The lowest BCUT2D eigenvalue weighted by Gasteiger charge is -2.50. The smallest absolute Gasteiger partial charge is 0.141 e. The molecule has 3 aliphatic heterocycles. The van der Waals surface area contributed by atoms with E-state index in [2.05, 4.69) is 16.5 Å². The monoisotopic (exact) mass is 326 g/mol. The average molecular weight is 326 g/mol. The number of alkyl halides is 1. The molecular formula is C20H23FN2O. The zero-order valence-corrected chi connectivity index (χ0v) is 14.0. The van der Waals surface area contributed by atoms with E-state index in [4.69, 9.17) is 4.74 Å². The van der Waals surface area contributed by atoms with Crippen LogP contribution in [0.15, 0.2) is 43.1 Å². The van der Waals surface area contributed by atoms with Crippen molar-refractivity contribution >= 4 is 10.9 Å². The summed E-state index contributed by atoms with van der Waals surface area (Å²) < 4.78 is 20.8. The van der Waals surface area contributed by atoms with Gasteiger partial charge in [-0.3, -0.25) is 9.88 Å². The number of piperidine rings is 3. The Morgan fingerprint density at radius 2 is 2.29 bits per heavy atom. The van der Waals surface area contributed by atoms with Crippen LogP contribution >= 0.6 is 0 Å². The van der Waals surface area contributed by atoms with Gasteiger partial charge in [0.1, 0.15) is 11.9 Å². The minimum absolute atomic E-state index is 0.0447. The SMILES string of the molecule is C=C[C@H]1CN2CC[C@H]1C[C@@H]2[C@@H](F)c1ccnc2ccc(OC)cc12. The molecule has 3 fully saturated rings. The molecule has 5 rings (SSSR count). The fourth-order valence-corrected chi connectivity index (χ4v) is 4.40. The number of rotatable bonds is 4. The number of methoxy groups -OCH3 is 1. The Morgan fingerprint density at radius 3 is 3.00 bits per heavy atom. The van der Waals surface area contributed by atoms with E-state index in [-0.39, 0.29) is 6.04 Å². The average Bonchev–Trinajstić information content (AvgIpc) is 2.66. The Hall–Kier alpha value is -1.94. The molecule has 1 aromatic carbocycles. The van der Waals surface area contributed by atoms with Gasteiger partial charge < -0.3 is 4.74 Å². The highest BCUT2D eigenvalue weighted by molar-refractivity contribution is 5.84. The maximum atomic E-state index is 15.5. The first kappa shape index (κ1) is 15.6. The second-order valence-electron chi connectivity index (χ2n) is 6.93. The largest absolute Gasteiger partial charge is 0.497 e. The second-order valence-corrected chi connectivity index (χ2v) is 6.93. The molecule has 0 radical (unpaired) electrons. The van der Waals surface area contributed by atoms with E-state index < -0.39 is 6.17 Å². The van der Waals surface area contributed by atoms with Crippen LogP contribution in [0.4, 0.5) is 4.39 Å². The Bertz CT molecular complexity index is 762. The number of nitrogens with zero attached hydrogens (tertiary/aromatic N) is 2. The zero-order chi connectivity index (χ0) is 16.7. The van der Waals surface area contributed by atoms with E-state index in [9.17, 15) is 0 Å². The van der Waals surface area contributed by atoms with Crippen LogP contribution in [0.5, 0.6) is 5.75 Å². The zero-order valence-electron chi connectivity index (χ0n) is 14.0. The number of pyridine rings is 1. The van der Waals surface area contributed by atoms with Gasteiger partial charge in [0.05, 0.1) is 12.6 Å². The van der Waals surface area contributed by atoms with Crippen LogP contribution in [0.3, 0.4) is 0 Å². The molecule has 0 aliphatic carbocycles. The van der Waals surface area contributed by atoms with Crippen molar-refractivity contribution in [1.82, 2.24) is 9.88 Å². The first-order valence-electron chi connectivity index (χ1n) is 8.64. The van der Waals surface area contributed by atoms with Gasteiger partial charge in [-0.15, -0.1) is 6.58 Å². The van der Waals surface area contributed by atoms with Gasteiger partial charge in [-0.1, -0.05) is 6.08 Å². The molecule has 0 spiro atoms. The van der Waals surface area contributed by atoms with E-state index in [1.807, 2.05) is 30.3 Å². The van der Waals surface area contributed by atoms with Crippen molar-refractivity contribution in [2.45, 2.75) is 25.1 Å². The fraction of sp³-hybridized carbons (Fsp3) is 0.450. The summed E-state index contributed by atoms with van der Waals surface area (Å²) in [5, 5.41) is 0.854. The predicted octanol–water partition coefficient (Wildman–Crippen LogP) is 4.15. The minimum Gasteiger partial charge on any atom is -0.497 e. The molecule has 126 valence electrons. The molecule has 4 heteroatoms. The Balaban J connectivity index is 1.69. The van der Waals surface area contributed by atoms with Crippen molar-refractivity contribution < 1.29 is 9.13 Å². The molecule has 24 heavy (non-hydrogen) atoms. The molecule has 2 aromatic rings. The first-order valence-corrected chi connectivity index (χ1v) is 8.64. The standard InChI is InChI=1S/C20H23FN2O/c1-3-13-12-23-9-7-14(13)10-19(23)20(21)16-6-8-22-18-5-4-15(24-2)11-17(16)18/h3-6,8,11,13-14,19-20H,1,7,9-10,12H2,2H3/t13-,14-,19+,20-/m0/s1. The molecule has 2 bridgehead atoms. The predicted molar refractivity (Wildman–Crippen MR) is 93.9 cm³/mol. The van der Waals surface area contributed by atoms with Gasteiger partial charge in [0.25, 0.3) is 0 Å². The summed E-state index contributed by atoms with van der Waals surface area (Å²) >= 11 is 0. The van der Waals surface area contributed by atoms with Crippen LogP contribution < -0.4 is 4.74 Å². The molecule has 0 N–H and O–H groups in total. The lowest BCUT2D eigenvalue weighted by atomic mass is 9.74. The van der Waals surface area contributed by atoms with E-state index in [0.29, 0.717) is 11.8 Å². The summed E-state index contributed by atoms with van der Waals surface area (Å²) in [7, 11) is 1.63. The summed E-state index contributed by atoms with van der Waals surface area (Å²) in [4.78, 5) is 6.68. The highest BCUT2D eigenvalue weighted by atomic mass is 19.1. The van der Waals surface area contributed by atoms with Crippen molar-refractivity contribution in [2.24, 2.45) is 11.8 Å². The van der Waals surface area contributed by atoms with Crippen molar-refractivity contribution in [3.05, 3.63) is 48.7 Å². The van der Waals surface area contributed by atoms with Crippen LogP contribution in [0, 0.1) is 11.8 Å². The van der Waals surface area contributed by atoms with Crippen molar-refractivity contribution in [3.8, 4) is 5.75 Å². The first-order chi connectivity index (χ1) is 11.7. The highest BCUT2D eigenvalue weighted by Gasteiger charge is 2.43. The van der Waals surface area contributed by atoms with Gasteiger partial charge in [0, 0.05) is 24.2 Å². The van der Waals surface area contributed by atoms with Crippen LogP contribution in [0.25, 0.3) is 10.9 Å². The van der Waals surface area contributed by atoms with Gasteiger partial charge in [-0.05, 0) is 61.1 Å². The number of halogens is 1. The van der Waals surface area contributed by atoms with Gasteiger partial charge in [0.15, 0.2) is 0 Å². The number of ether oxygens (including phenoxy) is 1. The summed E-state index contributed by atoms with van der Waals surface area (Å²) in [5.74, 6) is 1.82. The third kappa shape index (κ3) is 2.49. The summed E-state index contributed by atoms with van der Waals surface area (Å²) in [5.41, 5.74) is 1.54. The molecule has 0 saturated carbocycles. The van der Waals surface area contributed by atoms with Crippen LogP contribution in [0.1, 0.15) is 24.6 Å². The molecule has 5 atom stereocenters. The second kappa shape index (κ2) is 6.17. The van der Waals surface area contributed by atoms with Crippen molar-refractivity contribution in [2.75, 3.05) is 20.2 Å². The molecule has 3 saturated heterocycles. The number of fused-ring (bicyclic) bond motifs is 4. The molecule has 0 amide bonds. The van der Waals surface area contributed by atoms with E-state index >= 15 is 4.39 Å². The number of benzene rings is 1. The molecule has 4 heterocycles. The number of aromatic nitrogens is 1. The molecule has 3 aliphatic rings.